The Morgan fingerprint density at radius 3 is 2.38 bits per heavy atom. The average molecular weight is 312 g/mol. The fraction of sp³-hybridized carbons (Fsp3) is 0.467. The Morgan fingerprint density at radius 2 is 1.81 bits per heavy atom. The van der Waals surface area contributed by atoms with Crippen molar-refractivity contribution in [2.75, 3.05) is 13.1 Å². The fourth-order valence-corrected chi connectivity index (χ4v) is 1.77. The number of nitrogens with one attached hydrogen (secondary N) is 2. The minimum atomic E-state index is -0.591. The number of halogens is 1. The fourth-order valence-electron chi connectivity index (χ4n) is 1.65. The maximum atomic E-state index is 11.6. The average Bonchev–Trinajstić information content (AvgIpc) is 2.46. The number of carbonyl (C=O) groups is 2. The third-order valence-corrected chi connectivity index (χ3v) is 3.35. The molecule has 21 heavy (non-hydrogen) atoms. The van der Waals surface area contributed by atoms with Crippen molar-refractivity contribution >= 4 is 23.4 Å². The smallest absolute Gasteiger partial charge is 0.239 e. The normalized spacial score (nSPS) is 12.0. The molecule has 116 valence electrons. The second kappa shape index (κ2) is 8.64. The van der Waals surface area contributed by atoms with E-state index in [1.807, 2.05) is 38.1 Å². The van der Waals surface area contributed by atoms with Crippen LogP contribution in [0.1, 0.15) is 19.4 Å². The third kappa shape index (κ3) is 6.60. The summed E-state index contributed by atoms with van der Waals surface area (Å²) in [5.74, 6) is -0.496. The quantitative estimate of drug-likeness (QED) is 0.705. The zero-order chi connectivity index (χ0) is 15.8. The van der Waals surface area contributed by atoms with Crippen LogP contribution in [0.5, 0.6) is 0 Å². The summed E-state index contributed by atoms with van der Waals surface area (Å²) in [6.45, 7) is 4.17. The van der Waals surface area contributed by atoms with Gasteiger partial charge in [0.25, 0.3) is 0 Å². The largest absolute Gasteiger partial charge is 0.354 e. The number of amides is 2. The second-order valence-corrected chi connectivity index (χ2v) is 5.65. The van der Waals surface area contributed by atoms with Crippen molar-refractivity contribution in [1.82, 2.24) is 10.6 Å². The molecule has 1 aromatic rings. The molecule has 0 radical (unpaired) electrons. The summed E-state index contributed by atoms with van der Waals surface area (Å²) >= 11 is 5.79. The Hall–Kier alpha value is -1.59. The van der Waals surface area contributed by atoms with E-state index >= 15 is 0 Å². The second-order valence-electron chi connectivity index (χ2n) is 5.21. The van der Waals surface area contributed by atoms with E-state index in [1.54, 1.807) is 0 Å². The molecule has 1 rings (SSSR count). The van der Waals surface area contributed by atoms with E-state index in [-0.39, 0.29) is 24.3 Å². The van der Waals surface area contributed by atoms with Crippen LogP contribution in [0.4, 0.5) is 0 Å². The van der Waals surface area contributed by atoms with Gasteiger partial charge < -0.3 is 16.4 Å². The van der Waals surface area contributed by atoms with Gasteiger partial charge in [0.2, 0.25) is 11.8 Å². The summed E-state index contributed by atoms with van der Waals surface area (Å²) in [5.41, 5.74) is 6.77. The molecule has 0 fully saturated rings. The Morgan fingerprint density at radius 1 is 1.19 bits per heavy atom. The molecule has 0 bridgehead atoms. The minimum Gasteiger partial charge on any atom is -0.354 e. The Balaban J connectivity index is 2.22. The number of carbonyl (C=O) groups excluding carboxylic acids is 2. The van der Waals surface area contributed by atoms with Gasteiger partial charge in [0.1, 0.15) is 0 Å². The van der Waals surface area contributed by atoms with Gasteiger partial charge in [-0.3, -0.25) is 9.59 Å². The molecular formula is C15H22ClN3O2. The van der Waals surface area contributed by atoms with Crippen molar-refractivity contribution in [3.63, 3.8) is 0 Å². The molecule has 0 unspecified atom stereocenters. The van der Waals surface area contributed by atoms with Crippen molar-refractivity contribution in [2.24, 2.45) is 11.7 Å². The summed E-state index contributed by atoms with van der Waals surface area (Å²) in [4.78, 5) is 23.2. The van der Waals surface area contributed by atoms with E-state index in [4.69, 9.17) is 17.3 Å². The Kier molecular flexibility index (Phi) is 7.19. The summed E-state index contributed by atoms with van der Waals surface area (Å²) in [5, 5.41) is 5.96. The molecule has 0 aromatic heterocycles. The van der Waals surface area contributed by atoms with Crippen LogP contribution < -0.4 is 16.4 Å². The predicted octanol–water partition coefficient (Wildman–Crippen LogP) is 1.10. The van der Waals surface area contributed by atoms with Crippen LogP contribution in [0.2, 0.25) is 5.02 Å². The molecule has 5 nitrogen and oxygen atoms in total. The summed E-state index contributed by atoms with van der Waals surface area (Å²) in [7, 11) is 0. The van der Waals surface area contributed by atoms with Crippen molar-refractivity contribution in [2.45, 2.75) is 26.3 Å². The van der Waals surface area contributed by atoms with Gasteiger partial charge in [-0.05, 0) is 30.0 Å². The van der Waals surface area contributed by atoms with Crippen LogP contribution in [0.25, 0.3) is 0 Å². The molecule has 1 aromatic carbocycles. The molecule has 0 aliphatic rings. The molecule has 0 spiro atoms. The highest BCUT2D eigenvalue weighted by molar-refractivity contribution is 6.30. The standard InChI is InChI=1S/C15H22ClN3O2/c1-10(2)14(17)15(21)19-9-13(20)18-8-7-11-3-5-12(16)6-4-11/h3-6,10,14H,7-9,17H2,1-2H3,(H,18,20)(H,19,21)/t14-/m0/s1. The first-order valence-corrected chi connectivity index (χ1v) is 7.32. The predicted molar refractivity (Wildman–Crippen MR) is 84.0 cm³/mol. The van der Waals surface area contributed by atoms with E-state index in [0.717, 1.165) is 5.56 Å². The zero-order valence-electron chi connectivity index (χ0n) is 12.4. The van der Waals surface area contributed by atoms with Gasteiger partial charge in [0.15, 0.2) is 0 Å². The lowest BCUT2D eigenvalue weighted by Gasteiger charge is -2.15. The highest BCUT2D eigenvalue weighted by atomic mass is 35.5. The molecule has 0 heterocycles. The molecule has 2 amide bonds. The van der Waals surface area contributed by atoms with Gasteiger partial charge in [0, 0.05) is 11.6 Å². The number of hydrogen-bond donors (Lipinski definition) is 3. The maximum Gasteiger partial charge on any atom is 0.239 e. The van der Waals surface area contributed by atoms with Crippen LogP contribution in [-0.4, -0.2) is 30.9 Å². The lowest BCUT2D eigenvalue weighted by molar-refractivity contribution is -0.127. The van der Waals surface area contributed by atoms with Gasteiger partial charge in [0.05, 0.1) is 12.6 Å². The van der Waals surface area contributed by atoms with Crippen molar-refractivity contribution in [1.29, 1.82) is 0 Å². The van der Waals surface area contributed by atoms with E-state index < -0.39 is 6.04 Å². The van der Waals surface area contributed by atoms with Crippen LogP contribution in [0, 0.1) is 5.92 Å². The van der Waals surface area contributed by atoms with E-state index in [1.165, 1.54) is 0 Å². The van der Waals surface area contributed by atoms with Crippen LogP contribution in [0.15, 0.2) is 24.3 Å². The highest BCUT2D eigenvalue weighted by Crippen LogP contribution is 2.09. The third-order valence-electron chi connectivity index (χ3n) is 3.09. The first kappa shape index (κ1) is 17.5. The van der Waals surface area contributed by atoms with Gasteiger partial charge in [-0.25, -0.2) is 0 Å². The lowest BCUT2D eigenvalue weighted by Crippen LogP contribution is -2.47. The van der Waals surface area contributed by atoms with Crippen LogP contribution in [0.3, 0.4) is 0 Å². The zero-order valence-corrected chi connectivity index (χ0v) is 13.1. The first-order valence-electron chi connectivity index (χ1n) is 6.94. The SMILES string of the molecule is CC(C)[C@H](N)C(=O)NCC(=O)NCCc1ccc(Cl)cc1. The molecule has 0 aliphatic carbocycles. The van der Waals surface area contributed by atoms with Gasteiger partial charge in [-0.15, -0.1) is 0 Å². The number of nitrogens with two attached hydrogens (primary N) is 1. The Labute approximate surface area is 130 Å². The molecule has 0 saturated carbocycles. The summed E-state index contributed by atoms with van der Waals surface area (Å²) in [6, 6.07) is 6.86. The van der Waals surface area contributed by atoms with Gasteiger partial charge >= 0.3 is 0 Å². The molecule has 1 atom stereocenters. The topological polar surface area (TPSA) is 84.2 Å². The van der Waals surface area contributed by atoms with Crippen LogP contribution >= 0.6 is 11.6 Å². The molecule has 0 saturated heterocycles. The summed E-state index contributed by atoms with van der Waals surface area (Å²) < 4.78 is 0. The van der Waals surface area contributed by atoms with Crippen molar-refractivity contribution in [3.8, 4) is 0 Å². The number of rotatable bonds is 7. The van der Waals surface area contributed by atoms with Crippen molar-refractivity contribution < 1.29 is 9.59 Å². The van der Waals surface area contributed by atoms with Crippen molar-refractivity contribution in [3.05, 3.63) is 34.9 Å². The van der Waals surface area contributed by atoms with Crippen LogP contribution in [-0.2, 0) is 16.0 Å². The monoisotopic (exact) mass is 311 g/mol. The lowest BCUT2D eigenvalue weighted by atomic mass is 10.1. The minimum absolute atomic E-state index is 0.0398. The highest BCUT2D eigenvalue weighted by Gasteiger charge is 2.17. The first-order chi connectivity index (χ1) is 9.90. The maximum absolute atomic E-state index is 11.6. The molecule has 0 aliphatic heterocycles. The number of hydrogen-bond acceptors (Lipinski definition) is 3. The van der Waals surface area contributed by atoms with E-state index in [2.05, 4.69) is 10.6 Å². The number of benzene rings is 1. The molecular weight excluding hydrogens is 290 g/mol. The molecule has 4 N–H and O–H groups in total. The molecule has 6 heteroatoms. The van der Waals surface area contributed by atoms with Gasteiger partial charge in [-0.2, -0.15) is 0 Å². The Bertz CT molecular complexity index is 474. The van der Waals surface area contributed by atoms with E-state index in [0.29, 0.717) is 18.0 Å². The summed E-state index contributed by atoms with van der Waals surface area (Å²) in [6.07, 6.45) is 0.711. The van der Waals surface area contributed by atoms with Gasteiger partial charge in [-0.1, -0.05) is 37.6 Å². The van der Waals surface area contributed by atoms with E-state index in [9.17, 15) is 9.59 Å².